The molecule has 5 N–H and O–H groups in total. The normalized spacial score (nSPS) is 24.7. The Morgan fingerprint density at radius 2 is 1.98 bits per heavy atom. The van der Waals surface area contributed by atoms with Crippen molar-refractivity contribution in [3.63, 3.8) is 0 Å². The second-order valence-electron chi connectivity index (χ2n) is 15.9. The number of nitrogens with one attached hydrogen (secondary N) is 3. The molecule has 1 saturated heterocycles. The molecule has 25 heteroatoms. The van der Waals surface area contributed by atoms with Crippen LogP contribution in [0.4, 0.5) is 11.8 Å². The molecule has 1 aliphatic carbocycles. The average molecular weight is 896 g/mol. The van der Waals surface area contributed by atoms with Crippen molar-refractivity contribution in [3.8, 4) is 12.1 Å². The fourth-order valence-corrected chi connectivity index (χ4v) is 10.2. The van der Waals surface area contributed by atoms with Crippen molar-refractivity contribution in [2.75, 3.05) is 30.5 Å². The highest BCUT2D eigenvalue weighted by Gasteiger charge is 2.54. The standard InChI is InChI=1S/C34H48N10O11P2SSi/c1-19(2)30(46)42-33-41-29-25(31(47)43-33)39-18-44(29)32-27(26(24(15-45)52-32)55-59(6,7)34(3,4)5)54-57(58,50-10-8-9-35)51-16-20-11-22(12-23(20)53-56(48)49)40-28-21(13-36)14-37-17-38-28/h14,17-20,22-24,26-27,32,45H,8,10-12,15-16H2,1-7H3,(H3-,37,38,40,41,42,43,46,47,48,49)/p+1/t20-,22-,23+,24-,26-,27-,32-,57+/m1/s1. The van der Waals surface area contributed by atoms with Crippen LogP contribution in [-0.2, 0) is 48.4 Å². The first-order valence-electron chi connectivity index (χ1n) is 18.8. The Kier molecular flexibility index (Phi) is 15.2. The Morgan fingerprint density at radius 3 is 2.63 bits per heavy atom. The van der Waals surface area contributed by atoms with Crippen LogP contribution in [0.3, 0.4) is 0 Å². The number of fused-ring (bicyclic) bond motifs is 1. The molecule has 59 heavy (non-hydrogen) atoms. The molecule has 5 rings (SSSR count). The maximum atomic E-state index is 13.2. The van der Waals surface area contributed by atoms with Gasteiger partial charge in [-0.05, 0) is 42.8 Å². The van der Waals surface area contributed by atoms with Gasteiger partial charge in [0, 0.05) is 22.4 Å². The Morgan fingerprint density at radius 1 is 1.24 bits per heavy atom. The van der Waals surface area contributed by atoms with Crippen molar-refractivity contribution < 1.29 is 46.6 Å². The van der Waals surface area contributed by atoms with Crippen LogP contribution in [-0.4, -0.2) is 104 Å². The lowest BCUT2D eigenvalue weighted by Crippen LogP contribution is -2.50. The minimum absolute atomic E-state index is 0.0153. The van der Waals surface area contributed by atoms with Crippen molar-refractivity contribution in [1.82, 2.24) is 29.5 Å². The van der Waals surface area contributed by atoms with Gasteiger partial charge in [0.25, 0.3) is 5.56 Å². The molecule has 1 saturated carbocycles. The highest BCUT2D eigenvalue weighted by atomic mass is 32.5. The van der Waals surface area contributed by atoms with E-state index in [9.17, 15) is 34.7 Å². The van der Waals surface area contributed by atoms with Gasteiger partial charge in [0.2, 0.25) is 11.9 Å². The number of amides is 1. The molecule has 9 atom stereocenters. The van der Waals surface area contributed by atoms with E-state index in [4.69, 9.17) is 39.1 Å². The molecule has 4 heterocycles. The van der Waals surface area contributed by atoms with E-state index in [1.165, 1.54) is 23.4 Å². The number of ether oxygens (including phenoxy) is 1. The lowest BCUT2D eigenvalue weighted by Gasteiger charge is -2.41. The maximum absolute atomic E-state index is 13.2. The highest BCUT2D eigenvalue weighted by Crippen LogP contribution is 2.56. The summed E-state index contributed by atoms with van der Waals surface area (Å²) in [4.78, 5) is 54.8. The Labute approximate surface area is 347 Å². The number of nitriles is 2. The summed E-state index contributed by atoms with van der Waals surface area (Å²) in [6, 6.07) is 3.66. The van der Waals surface area contributed by atoms with Gasteiger partial charge < -0.3 is 28.6 Å². The minimum Gasteiger partial charge on any atom is -0.408 e. The summed E-state index contributed by atoms with van der Waals surface area (Å²) < 4.78 is 51.2. The van der Waals surface area contributed by atoms with Crippen LogP contribution < -0.4 is 16.2 Å². The van der Waals surface area contributed by atoms with Gasteiger partial charge in [-0.2, -0.15) is 15.5 Å². The molecule has 3 aromatic heterocycles. The fraction of sp³-hybridized carbons (Fsp3) is 0.647. The molecule has 1 unspecified atom stereocenters. The molecule has 0 radical (unpaired) electrons. The fourth-order valence-electron chi connectivity index (χ4n) is 6.26. The van der Waals surface area contributed by atoms with E-state index >= 15 is 0 Å². The SMILES string of the molecule is CC(C)C(=O)Nc1nc2c(ncn2[C@@H]2O[C@H](CO)[C@@H](O[Si](C)(C)C(C)(C)C)[C@H]2O[P@](=S)(OCCC#N)OC[C@H]2C[C@@H](Nc3ncncc3C#N)C[C@@H]2O[P+](=O)O)c(=O)[nH]1. The Hall–Kier alpha value is -3.67. The van der Waals surface area contributed by atoms with E-state index in [2.05, 4.69) is 35.6 Å². The van der Waals surface area contributed by atoms with E-state index in [0.717, 1.165) is 0 Å². The third-order valence-corrected chi connectivity index (χ3v) is 17.6. The molecule has 1 aliphatic heterocycles. The second kappa shape index (κ2) is 19.4. The first-order chi connectivity index (χ1) is 27.8. The molecule has 21 nitrogen and oxygen atoms in total. The molecule has 0 spiro atoms. The summed E-state index contributed by atoms with van der Waals surface area (Å²) in [5.74, 6) is -1.21. The number of aromatic amines is 1. The van der Waals surface area contributed by atoms with Crippen LogP contribution >= 0.6 is 15.0 Å². The summed E-state index contributed by atoms with van der Waals surface area (Å²) in [5, 5.41) is 35.1. The number of imidazole rings is 1. The number of carbonyl (C=O) groups excluding carboxylic acids is 1. The predicted octanol–water partition coefficient (Wildman–Crippen LogP) is 4.14. The molecule has 320 valence electrons. The molecular formula is C34H49N10O11P2SSi+. The zero-order valence-corrected chi connectivity index (χ0v) is 37.2. The van der Waals surface area contributed by atoms with Gasteiger partial charge in [0.15, 0.2) is 25.7 Å². The number of hydrogen-bond donors (Lipinski definition) is 5. The van der Waals surface area contributed by atoms with Gasteiger partial charge in [-0.3, -0.25) is 29.0 Å². The van der Waals surface area contributed by atoms with E-state index in [1.54, 1.807) is 13.8 Å². The van der Waals surface area contributed by atoms with Crippen LogP contribution in [0.1, 0.15) is 65.7 Å². The molecule has 0 aromatic carbocycles. The number of aliphatic hydroxyl groups excluding tert-OH is 1. The van der Waals surface area contributed by atoms with Gasteiger partial charge in [0.1, 0.15) is 48.2 Å². The maximum Gasteiger partial charge on any atom is 0.695 e. The number of hydrogen-bond acceptors (Lipinski definition) is 18. The van der Waals surface area contributed by atoms with Gasteiger partial charge in [-0.15, -0.1) is 9.42 Å². The first-order valence-corrected chi connectivity index (χ1v) is 25.3. The lowest BCUT2D eigenvalue weighted by atomic mass is 10.1. The lowest BCUT2D eigenvalue weighted by molar-refractivity contribution is -0.118. The van der Waals surface area contributed by atoms with Crippen molar-refractivity contribution in [2.45, 2.75) is 109 Å². The summed E-state index contributed by atoms with van der Waals surface area (Å²) in [7, 11) is -5.69. The van der Waals surface area contributed by atoms with Crippen molar-refractivity contribution >= 4 is 63.9 Å². The van der Waals surface area contributed by atoms with Crippen LogP contribution in [0.15, 0.2) is 23.6 Å². The predicted molar refractivity (Wildman–Crippen MR) is 218 cm³/mol. The van der Waals surface area contributed by atoms with E-state index < -0.39 is 83.8 Å². The number of aliphatic hydroxyl groups is 1. The molecule has 1 amide bonds. The Bertz CT molecular complexity index is 2190. The molecule has 2 fully saturated rings. The number of carbonyl (C=O) groups is 1. The molecular weight excluding hydrogens is 847 g/mol. The smallest absolute Gasteiger partial charge is 0.408 e. The highest BCUT2D eigenvalue weighted by molar-refractivity contribution is 8.07. The second-order valence-corrected chi connectivity index (χ2v) is 24.3. The first kappa shape index (κ1) is 46.4. The molecule has 2 aliphatic rings. The third-order valence-electron chi connectivity index (χ3n) is 10.4. The third kappa shape index (κ3) is 11.2. The van der Waals surface area contributed by atoms with Crippen LogP contribution in [0.25, 0.3) is 11.2 Å². The van der Waals surface area contributed by atoms with Gasteiger partial charge in [-0.25, -0.2) is 15.0 Å². The summed E-state index contributed by atoms with van der Waals surface area (Å²) in [6.07, 6.45) is -0.764. The van der Waals surface area contributed by atoms with Crippen molar-refractivity contribution in [1.29, 1.82) is 10.5 Å². The van der Waals surface area contributed by atoms with Gasteiger partial charge in [-0.1, -0.05) is 34.6 Å². The van der Waals surface area contributed by atoms with Crippen LogP contribution in [0.5, 0.6) is 0 Å². The number of aromatic nitrogens is 6. The number of nitrogens with zero attached hydrogens (tertiary/aromatic N) is 7. The number of anilines is 2. The van der Waals surface area contributed by atoms with Crippen LogP contribution in [0, 0.1) is 34.5 Å². The number of H-pyrrole nitrogens is 1. The zero-order valence-electron chi connectivity index (χ0n) is 33.6. The van der Waals surface area contributed by atoms with Gasteiger partial charge in [0.05, 0.1) is 44.8 Å². The molecule has 3 aromatic rings. The largest absolute Gasteiger partial charge is 0.695 e. The summed E-state index contributed by atoms with van der Waals surface area (Å²) in [6.45, 7) is 8.67. The number of rotatable bonds is 18. The van der Waals surface area contributed by atoms with E-state index in [-0.39, 0.29) is 65.6 Å². The summed E-state index contributed by atoms with van der Waals surface area (Å²) in [5.41, 5.74) is -0.495. The average Bonchev–Trinajstić information content (AvgIpc) is 3.85. The van der Waals surface area contributed by atoms with Gasteiger partial charge >= 0.3 is 15.0 Å². The van der Waals surface area contributed by atoms with E-state index in [0.29, 0.717) is 6.42 Å². The quantitative estimate of drug-likeness (QED) is 0.0681. The topological polar surface area (TPSA) is 291 Å². The minimum atomic E-state index is -3.94. The zero-order chi connectivity index (χ0) is 43.3. The summed E-state index contributed by atoms with van der Waals surface area (Å²) >= 11 is 6.03. The van der Waals surface area contributed by atoms with Crippen molar-refractivity contribution in [3.05, 3.63) is 34.8 Å². The molecule has 0 bridgehead atoms. The van der Waals surface area contributed by atoms with E-state index in [1.807, 2.05) is 46.0 Å². The van der Waals surface area contributed by atoms with Crippen LogP contribution in [0.2, 0.25) is 18.1 Å². The monoisotopic (exact) mass is 895 g/mol. The van der Waals surface area contributed by atoms with Crippen molar-refractivity contribution in [2.24, 2.45) is 11.8 Å². The Balaban J connectivity index is 1.52.